The van der Waals surface area contributed by atoms with Gasteiger partial charge in [-0.3, -0.25) is 4.79 Å². The van der Waals surface area contributed by atoms with Crippen molar-refractivity contribution in [3.8, 4) is 0 Å². The maximum Gasteiger partial charge on any atom is 0.222 e. The zero-order chi connectivity index (χ0) is 9.97. The molecule has 3 nitrogen and oxygen atoms in total. The second kappa shape index (κ2) is 4.30. The van der Waals surface area contributed by atoms with Crippen LogP contribution in [0.1, 0.15) is 38.5 Å². The highest BCUT2D eigenvalue weighted by Crippen LogP contribution is 2.28. The summed E-state index contributed by atoms with van der Waals surface area (Å²) in [6.07, 6.45) is 6.14. The molecule has 1 amide bonds. The van der Waals surface area contributed by atoms with Crippen molar-refractivity contribution in [3.05, 3.63) is 0 Å². The van der Waals surface area contributed by atoms with Crippen LogP contribution in [0.3, 0.4) is 0 Å². The third-order valence-electron chi connectivity index (χ3n) is 3.52. The van der Waals surface area contributed by atoms with Gasteiger partial charge >= 0.3 is 0 Å². The molecule has 0 aromatic carbocycles. The molecule has 3 heteroatoms. The second-order valence-electron chi connectivity index (χ2n) is 4.56. The third kappa shape index (κ3) is 2.08. The number of hydrogen-bond donors (Lipinski definition) is 1. The molecule has 1 N–H and O–H groups in total. The predicted octanol–water partition coefficient (Wildman–Crippen LogP) is 1.16. The minimum Gasteiger partial charge on any atom is -0.391 e. The molecule has 1 aliphatic heterocycles. The van der Waals surface area contributed by atoms with Gasteiger partial charge in [0, 0.05) is 19.5 Å². The molecule has 1 saturated carbocycles. The Labute approximate surface area is 85.1 Å². The van der Waals surface area contributed by atoms with Gasteiger partial charge in [-0.2, -0.15) is 0 Å². The van der Waals surface area contributed by atoms with Crippen LogP contribution < -0.4 is 0 Å². The van der Waals surface area contributed by atoms with Gasteiger partial charge in [-0.1, -0.05) is 12.8 Å². The van der Waals surface area contributed by atoms with Crippen molar-refractivity contribution in [3.63, 3.8) is 0 Å². The summed E-state index contributed by atoms with van der Waals surface area (Å²) in [4.78, 5) is 13.2. The Balaban J connectivity index is 1.80. The molecule has 2 aliphatic rings. The van der Waals surface area contributed by atoms with Crippen molar-refractivity contribution in [1.29, 1.82) is 0 Å². The van der Waals surface area contributed by atoms with E-state index in [1.165, 1.54) is 12.8 Å². The predicted molar refractivity (Wildman–Crippen MR) is 53.8 cm³/mol. The Kier molecular flexibility index (Phi) is 3.06. The highest BCUT2D eigenvalue weighted by Gasteiger charge is 2.28. The summed E-state index contributed by atoms with van der Waals surface area (Å²) in [5.41, 5.74) is 0. The largest absolute Gasteiger partial charge is 0.391 e. The molecule has 1 heterocycles. The number of β-amino-alcohol motifs (C(OH)–C–C–N with tert-alkyl or cyclic N) is 1. The Bertz CT molecular complexity index is 211. The summed E-state index contributed by atoms with van der Waals surface area (Å²) in [5, 5.41) is 9.93. The average Bonchev–Trinajstić information content (AvgIpc) is 2.77. The summed E-state index contributed by atoms with van der Waals surface area (Å²) < 4.78 is 0. The van der Waals surface area contributed by atoms with Gasteiger partial charge in [0.15, 0.2) is 0 Å². The van der Waals surface area contributed by atoms with E-state index in [4.69, 9.17) is 0 Å². The number of hydrogen-bond acceptors (Lipinski definition) is 2. The molecule has 0 aromatic heterocycles. The van der Waals surface area contributed by atoms with Crippen LogP contribution in [0, 0.1) is 5.92 Å². The van der Waals surface area contributed by atoms with E-state index in [1.54, 1.807) is 0 Å². The van der Waals surface area contributed by atoms with Gasteiger partial charge in [0.25, 0.3) is 0 Å². The minimum absolute atomic E-state index is 0.224. The van der Waals surface area contributed by atoms with Crippen LogP contribution in [0.5, 0.6) is 0 Å². The number of carbonyl (C=O) groups is 1. The summed E-state index contributed by atoms with van der Waals surface area (Å²) in [6, 6.07) is 0. The lowest BCUT2D eigenvalue weighted by Gasteiger charge is -2.23. The molecule has 0 spiro atoms. The number of aliphatic hydroxyl groups excluding tert-OH is 1. The first-order valence-electron chi connectivity index (χ1n) is 5.73. The standard InChI is InChI=1S/C11H19NO2/c13-10(9-4-1-2-5-9)8-12-7-3-6-11(12)14/h9-10,13H,1-8H2. The molecule has 1 saturated heterocycles. The lowest BCUT2D eigenvalue weighted by Crippen LogP contribution is -2.36. The average molecular weight is 197 g/mol. The topological polar surface area (TPSA) is 40.5 Å². The zero-order valence-electron chi connectivity index (χ0n) is 8.61. The fraction of sp³-hybridized carbons (Fsp3) is 0.909. The molecular weight excluding hydrogens is 178 g/mol. The fourth-order valence-corrected chi connectivity index (χ4v) is 2.61. The number of amides is 1. The van der Waals surface area contributed by atoms with Gasteiger partial charge < -0.3 is 10.0 Å². The maximum atomic E-state index is 11.3. The van der Waals surface area contributed by atoms with Crippen molar-refractivity contribution >= 4 is 5.91 Å². The van der Waals surface area contributed by atoms with Gasteiger partial charge in [0.2, 0.25) is 5.91 Å². The number of nitrogens with zero attached hydrogens (tertiary/aromatic N) is 1. The lowest BCUT2D eigenvalue weighted by atomic mass is 10.0. The molecule has 0 bridgehead atoms. The van der Waals surface area contributed by atoms with Crippen LogP contribution in [0.25, 0.3) is 0 Å². The van der Waals surface area contributed by atoms with Crippen molar-refractivity contribution in [1.82, 2.24) is 4.90 Å². The third-order valence-corrected chi connectivity index (χ3v) is 3.52. The molecular formula is C11H19NO2. The van der Waals surface area contributed by atoms with Crippen LogP contribution in [-0.2, 0) is 4.79 Å². The van der Waals surface area contributed by atoms with E-state index >= 15 is 0 Å². The van der Waals surface area contributed by atoms with E-state index < -0.39 is 0 Å². The zero-order valence-corrected chi connectivity index (χ0v) is 8.61. The molecule has 1 unspecified atom stereocenters. The Morgan fingerprint density at radius 2 is 2.07 bits per heavy atom. The Morgan fingerprint density at radius 3 is 2.64 bits per heavy atom. The summed E-state index contributed by atoms with van der Waals surface area (Å²) in [6.45, 7) is 1.42. The molecule has 14 heavy (non-hydrogen) atoms. The van der Waals surface area contributed by atoms with E-state index in [9.17, 15) is 9.90 Å². The first-order valence-corrected chi connectivity index (χ1v) is 5.73. The maximum absolute atomic E-state index is 11.3. The van der Waals surface area contributed by atoms with Crippen LogP contribution in [0.2, 0.25) is 0 Å². The van der Waals surface area contributed by atoms with E-state index in [1.807, 2.05) is 4.90 Å². The normalized spacial score (nSPS) is 26.1. The molecule has 2 rings (SSSR count). The van der Waals surface area contributed by atoms with Gasteiger partial charge in [-0.25, -0.2) is 0 Å². The lowest BCUT2D eigenvalue weighted by molar-refractivity contribution is -0.129. The van der Waals surface area contributed by atoms with Crippen LogP contribution in [0.15, 0.2) is 0 Å². The van der Waals surface area contributed by atoms with E-state index in [0.717, 1.165) is 25.8 Å². The van der Waals surface area contributed by atoms with E-state index in [2.05, 4.69) is 0 Å². The van der Waals surface area contributed by atoms with Crippen LogP contribution in [0.4, 0.5) is 0 Å². The summed E-state index contributed by atoms with van der Waals surface area (Å²) in [5.74, 6) is 0.672. The number of aliphatic hydroxyl groups is 1. The molecule has 2 fully saturated rings. The van der Waals surface area contributed by atoms with Crippen LogP contribution in [-0.4, -0.2) is 35.1 Å². The first kappa shape index (κ1) is 9.97. The summed E-state index contributed by atoms with van der Waals surface area (Å²) >= 11 is 0. The molecule has 0 radical (unpaired) electrons. The number of likely N-dealkylation sites (tertiary alicyclic amines) is 1. The van der Waals surface area contributed by atoms with Crippen molar-refractivity contribution in [2.75, 3.05) is 13.1 Å². The van der Waals surface area contributed by atoms with Gasteiger partial charge in [0.1, 0.15) is 0 Å². The summed E-state index contributed by atoms with van der Waals surface area (Å²) in [7, 11) is 0. The molecule has 1 aliphatic carbocycles. The first-order chi connectivity index (χ1) is 6.77. The van der Waals surface area contributed by atoms with E-state index in [0.29, 0.717) is 18.9 Å². The van der Waals surface area contributed by atoms with Gasteiger partial charge in [-0.05, 0) is 25.2 Å². The highest BCUT2D eigenvalue weighted by molar-refractivity contribution is 5.78. The highest BCUT2D eigenvalue weighted by atomic mass is 16.3. The monoisotopic (exact) mass is 197 g/mol. The van der Waals surface area contributed by atoms with Crippen molar-refractivity contribution < 1.29 is 9.90 Å². The number of rotatable bonds is 3. The number of carbonyl (C=O) groups excluding carboxylic acids is 1. The van der Waals surface area contributed by atoms with Gasteiger partial charge in [-0.15, -0.1) is 0 Å². The Hall–Kier alpha value is -0.570. The SMILES string of the molecule is O=C1CCCN1CC(O)C1CCCC1. The Morgan fingerprint density at radius 1 is 1.36 bits per heavy atom. The molecule has 1 atom stereocenters. The minimum atomic E-state index is -0.278. The smallest absolute Gasteiger partial charge is 0.222 e. The molecule has 80 valence electrons. The fourth-order valence-electron chi connectivity index (χ4n) is 2.61. The van der Waals surface area contributed by atoms with Gasteiger partial charge in [0.05, 0.1) is 6.10 Å². The second-order valence-corrected chi connectivity index (χ2v) is 4.56. The van der Waals surface area contributed by atoms with Crippen molar-refractivity contribution in [2.45, 2.75) is 44.6 Å². The quantitative estimate of drug-likeness (QED) is 0.737. The van der Waals surface area contributed by atoms with E-state index in [-0.39, 0.29) is 12.0 Å². The van der Waals surface area contributed by atoms with Crippen molar-refractivity contribution in [2.24, 2.45) is 5.92 Å². The van der Waals surface area contributed by atoms with Crippen LogP contribution >= 0.6 is 0 Å². The molecule has 0 aromatic rings.